The number of rotatable bonds is 5. The van der Waals surface area contributed by atoms with Crippen molar-refractivity contribution in [2.75, 3.05) is 5.32 Å². The van der Waals surface area contributed by atoms with Crippen LogP contribution in [-0.4, -0.2) is 15.2 Å². The maximum Gasteiger partial charge on any atom is 0.243 e. The minimum Gasteiger partial charge on any atom is -0.349 e. The van der Waals surface area contributed by atoms with Crippen LogP contribution in [0.1, 0.15) is 48.3 Å². The molecule has 1 aromatic carbocycles. The number of aromatic nitrogens is 3. The van der Waals surface area contributed by atoms with Gasteiger partial charge in [-0.25, -0.2) is 4.98 Å². The van der Waals surface area contributed by atoms with Gasteiger partial charge in [-0.3, -0.25) is 0 Å². The summed E-state index contributed by atoms with van der Waals surface area (Å²) in [4.78, 5) is 4.56. The minimum absolute atomic E-state index is 0.629. The Morgan fingerprint density at radius 1 is 1.00 bits per heavy atom. The van der Waals surface area contributed by atoms with Gasteiger partial charge in [0, 0.05) is 6.54 Å². The van der Waals surface area contributed by atoms with E-state index in [0.717, 1.165) is 30.8 Å². The van der Waals surface area contributed by atoms with Crippen LogP contribution in [0.15, 0.2) is 18.2 Å². The van der Waals surface area contributed by atoms with E-state index in [1.165, 1.54) is 36.0 Å². The Hall–Kier alpha value is -1.97. The van der Waals surface area contributed by atoms with Crippen molar-refractivity contribution in [3.05, 3.63) is 46.3 Å². The van der Waals surface area contributed by atoms with Crippen LogP contribution in [0.25, 0.3) is 0 Å². The predicted octanol–water partition coefficient (Wildman–Crippen LogP) is 3.10. The van der Waals surface area contributed by atoms with Crippen LogP contribution in [-0.2, 0) is 32.2 Å². The van der Waals surface area contributed by atoms with Gasteiger partial charge in [0.2, 0.25) is 5.95 Å². The number of aryl methyl sites for hydroxylation is 4. The number of fused-ring (bicyclic) bond motifs is 1. The van der Waals surface area contributed by atoms with E-state index in [4.69, 9.17) is 0 Å². The lowest BCUT2D eigenvalue weighted by molar-refractivity contribution is 0.819. The van der Waals surface area contributed by atoms with Gasteiger partial charge in [0.05, 0.1) is 11.4 Å². The SMILES string of the molecule is CCc1nnc(NCc2ccc3c(c2)CCC3)nc1CC. The van der Waals surface area contributed by atoms with E-state index in [-0.39, 0.29) is 0 Å². The summed E-state index contributed by atoms with van der Waals surface area (Å²) in [6.07, 6.45) is 5.51. The van der Waals surface area contributed by atoms with Gasteiger partial charge in [0.1, 0.15) is 0 Å². The van der Waals surface area contributed by atoms with E-state index < -0.39 is 0 Å². The van der Waals surface area contributed by atoms with Crippen molar-refractivity contribution >= 4 is 5.95 Å². The summed E-state index contributed by atoms with van der Waals surface area (Å²) < 4.78 is 0. The summed E-state index contributed by atoms with van der Waals surface area (Å²) in [5.74, 6) is 0.629. The molecule has 1 aliphatic rings. The molecule has 1 aromatic heterocycles. The zero-order valence-electron chi connectivity index (χ0n) is 12.8. The van der Waals surface area contributed by atoms with Crippen molar-refractivity contribution in [1.82, 2.24) is 15.2 Å². The molecule has 0 unspecified atom stereocenters. The van der Waals surface area contributed by atoms with Crippen molar-refractivity contribution in [2.45, 2.75) is 52.5 Å². The lowest BCUT2D eigenvalue weighted by Gasteiger charge is -2.09. The van der Waals surface area contributed by atoms with Gasteiger partial charge >= 0.3 is 0 Å². The zero-order valence-corrected chi connectivity index (χ0v) is 12.8. The quantitative estimate of drug-likeness (QED) is 0.915. The van der Waals surface area contributed by atoms with Crippen molar-refractivity contribution < 1.29 is 0 Å². The van der Waals surface area contributed by atoms with Crippen molar-refractivity contribution in [2.24, 2.45) is 0 Å². The second-order valence-corrected chi connectivity index (χ2v) is 5.55. The van der Waals surface area contributed by atoms with E-state index in [9.17, 15) is 0 Å². The summed E-state index contributed by atoms with van der Waals surface area (Å²) in [7, 11) is 0. The van der Waals surface area contributed by atoms with Crippen molar-refractivity contribution in [1.29, 1.82) is 0 Å². The average molecular weight is 282 g/mol. The molecule has 0 spiro atoms. The zero-order chi connectivity index (χ0) is 14.7. The maximum atomic E-state index is 4.56. The predicted molar refractivity (Wildman–Crippen MR) is 84.4 cm³/mol. The van der Waals surface area contributed by atoms with E-state index in [1.807, 2.05) is 0 Å². The molecule has 4 heteroatoms. The van der Waals surface area contributed by atoms with Crippen LogP contribution < -0.4 is 5.32 Å². The van der Waals surface area contributed by atoms with Crippen LogP contribution in [0.5, 0.6) is 0 Å². The summed E-state index contributed by atoms with van der Waals surface area (Å²) in [6, 6.07) is 6.77. The summed E-state index contributed by atoms with van der Waals surface area (Å²) >= 11 is 0. The molecule has 1 N–H and O–H groups in total. The number of nitrogens with zero attached hydrogens (tertiary/aromatic N) is 3. The molecule has 3 rings (SSSR count). The smallest absolute Gasteiger partial charge is 0.243 e. The fraction of sp³-hybridized carbons (Fsp3) is 0.471. The molecule has 4 nitrogen and oxygen atoms in total. The lowest BCUT2D eigenvalue weighted by atomic mass is 10.1. The van der Waals surface area contributed by atoms with Crippen LogP contribution >= 0.6 is 0 Å². The van der Waals surface area contributed by atoms with Crippen LogP contribution in [0.3, 0.4) is 0 Å². The average Bonchev–Trinajstić information content (AvgIpc) is 3.00. The highest BCUT2D eigenvalue weighted by molar-refractivity contribution is 5.37. The number of benzene rings is 1. The van der Waals surface area contributed by atoms with Gasteiger partial charge in [-0.15, -0.1) is 5.10 Å². The highest BCUT2D eigenvalue weighted by Crippen LogP contribution is 2.23. The van der Waals surface area contributed by atoms with Gasteiger partial charge in [-0.2, -0.15) is 5.10 Å². The van der Waals surface area contributed by atoms with Crippen molar-refractivity contribution in [3.8, 4) is 0 Å². The van der Waals surface area contributed by atoms with Crippen LogP contribution in [0, 0.1) is 0 Å². The third kappa shape index (κ3) is 3.04. The Labute approximate surface area is 126 Å². The first-order valence-electron chi connectivity index (χ1n) is 7.87. The van der Waals surface area contributed by atoms with Gasteiger partial charge in [-0.05, 0) is 48.8 Å². The van der Waals surface area contributed by atoms with E-state index in [0.29, 0.717) is 5.95 Å². The first-order chi connectivity index (χ1) is 10.3. The molecule has 1 heterocycles. The van der Waals surface area contributed by atoms with Gasteiger partial charge < -0.3 is 5.32 Å². The molecule has 0 saturated carbocycles. The molecule has 0 amide bonds. The second kappa shape index (κ2) is 6.20. The molecule has 2 aromatic rings. The highest BCUT2D eigenvalue weighted by atomic mass is 15.2. The molecule has 0 aliphatic heterocycles. The van der Waals surface area contributed by atoms with Crippen LogP contribution in [0.2, 0.25) is 0 Å². The number of hydrogen-bond acceptors (Lipinski definition) is 4. The van der Waals surface area contributed by atoms with E-state index in [1.54, 1.807) is 0 Å². The minimum atomic E-state index is 0.629. The fourth-order valence-corrected chi connectivity index (χ4v) is 2.93. The first-order valence-corrected chi connectivity index (χ1v) is 7.87. The standard InChI is InChI=1S/C17H22N4/c1-3-15-16(4-2)20-21-17(19-15)18-11-12-8-9-13-6-5-7-14(13)10-12/h8-10H,3-7,11H2,1-2H3,(H,18,19,21). The molecule has 1 aliphatic carbocycles. The molecule has 0 radical (unpaired) electrons. The fourth-order valence-electron chi connectivity index (χ4n) is 2.93. The molecule has 0 fully saturated rings. The maximum absolute atomic E-state index is 4.56. The molecule has 21 heavy (non-hydrogen) atoms. The molecule has 0 atom stereocenters. The van der Waals surface area contributed by atoms with Gasteiger partial charge in [-0.1, -0.05) is 32.0 Å². The monoisotopic (exact) mass is 282 g/mol. The Balaban J connectivity index is 1.70. The highest BCUT2D eigenvalue weighted by Gasteiger charge is 2.11. The van der Waals surface area contributed by atoms with Crippen molar-refractivity contribution in [3.63, 3.8) is 0 Å². The van der Waals surface area contributed by atoms with Gasteiger partial charge in [0.25, 0.3) is 0 Å². The lowest BCUT2D eigenvalue weighted by Crippen LogP contribution is -2.09. The van der Waals surface area contributed by atoms with E-state index in [2.05, 4.69) is 52.5 Å². The summed E-state index contributed by atoms with van der Waals surface area (Å²) in [5, 5.41) is 11.7. The number of anilines is 1. The third-order valence-corrected chi connectivity index (χ3v) is 4.12. The largest absolute Gasteiger partial charge is 0.349 e. The Kier molecular flexibility index (Phi) is 4.13. The number of nitrogens with one attached hydrogen (secondary N) is 1. The van der Waals surface area contributed by atoms with E-state index >= 15 is 0 Å². The topological polar surface area (TPSA) is 50.7 Å². The second-order valence-electron chi connectivity index (χ2n) is 5.55. The molecule has 0 bridgehead atoms. The molecular formula is C17H22N4. The van der Waals surface area contributed by atoms with Gasteiger partial charge in [0.15, 0.2) is 0 Å². The first kappa shape index (κ1) is 14.0. The molecule has 110 valence electrons. The molecular weight excluding hydrogens is 260 g/mol. The Morgan fingerprint density at radius 3 is 2.62 bits per heavy atom. The number of hydrogen-bond donors (Lipinski definition) is 1. The normalized spacial score (nSPS) is 13.2. The third-order valence-electron chi connectivity index (χ3n) is 4.12. The molecule has 0 saturated heterocycles. The van der Waals surface area contributed by atoms with Crippen LogP contribution in [0.4, 0.5) is 5.95 Å². The Bertz CT molecular complexity index is 637. The summed E-state index contributed by atoms with van der Waals surface area (Å²) in [5.41, 5.74) is 6.35. The summed E-state index contributed by atoms with van der Waals surface area (Å²) in [6.45, 7) is 4.94. The Morgan fingerprint density at radius 2 is 1.81 bits per heavy atom.